The van der Waals surface area contributed by atoms with E-state index in [-0.39, 0.29) is 5.91 Å². The SMILES string of the molecule is CC(C)CC(=O)Nc1nc(-c2ccc3c(c2)CCO3)cs1. The second-order valence-electron chi connectivity index (χ2n) is 5.61. The molecule has 4 nitrogen and oxygen atoms in total. The maximum atomic E-state index is 11.8. The number of nitrogens with zero attached hydrogens (tertiary/aromatic N) is 1. The molecule has 2 aromatic rings. The maximum absolute atomic E-state index is 11.8. The van der Waals surface area contributed by atoms with Crippen LogP contribution >= 0.6 is 11.3 Å². The van der Waals surface area contributed by atoms with Gasteiger partial charge in [0.25, 0.3) is 0 Å². The molecule has 0 saturated carbocycles. The first-order valence-electron chi connectivity index (χ1n) is 7.13. The Morgan fingerprint density at radius 3 is 3.14 bits per heavy atom. The predicted octanol–water partition coefficient (Wildman–Crippen LogP) is 3.73. The van der Waals surface area contributed by atoms with E-state index in [4.69, 9.17) is 4.74 Å². The van der Waals surface area contributed by atoms with Crippen LogP contribution in [0.2, 0.25) is 0 Å². The van der Waals surface area contributed by atoms with Crippen LogP contribution < -0.4 is 10.1 Å². The molecule has 5 heteroatoms. The Labute approximate surface area is 128 Å². The Hall–Kier alpha value is -1.88. The Bertz CT molecular complexity index is 664. The highest BCUT2D eigenvalue weighted by Gasteiger charge is 2.14. The first-order valence-corrected chi connectivity index (χ1v) is 8.01. The fourth-order valence-corrected chi connectivity index (χ4v) is 3.09. The van der Waals surface area contributed by atoms with Crippen LogP contribution in [0.15, 0.2) is 23.6 Å². The number of aromatic nitrogens is 1. The molecule has 1 N–H and O–H groups in total. The van der Waals surface area contributed by atoms with Crippen LogP contribution in [-0.4, -0.2) is 17.5 Å². The third kappa shape index (κ3) is 3.24. The number of hydrogen-bond acceptors (Lipinski definition) is 4. The van der Waals surface area contributed by atoms with Crippen LogP contribution in [0.25, 0.3) is 11.3 Å². The first-order chi connectivity index (χ1) is 10.1. The predicted molar refractivity (Wildman–Crippen MR) is 84.8 cm³/mol. The highest BCUT2D eigenvalue weighted by atomic mass is 32.1. The van der Waals surface area contributed by atoms with E-state index in [1.54, 1.807) is 0 Å². The molecule has 1 aromatic heterocycles. The van der Waals surface area contributed by atoms with Gasteiger partial charge in [-0.15, -0.1) is 11.3 Å². The molecule has 2 heterocycles. The van der Waals surface area contributed by atoms with Crippen molar-refractivity contribution in [3.05, 3.63) is 29.1 Å². The zero-order chi connectivity index (χ0) is 14.8. The van der Waals surface area contributed by atoms with Crippen molar-refractivity contribution in [3.8, 4) is 17.0 Å². The van der Waals surface area contributed by atoms with Crippen LogP contribution in [-0.2, 0) is 11.2 Å². The Morgan fingerprint density at radius 2 is 2.33 bits per heavy atom. The second kappa shape index (κ2) is 5.85. The Kier molecular flexibility index (Phi) is 3.92. The maximum Gasteiger partial charge on any atom is 0.226 e. The lowest BCUT2D eigenvalue weighted by molar-refractivity contribution is -0.116. The van der Waals surface area contributed by atoms with Gasteiger partial charge in [-0.3, -0.25) is 4.79 Å². The van der Waals surface area contributed by atoms with E-state index in [0.717, 1.165) is 30.0 Å². The number of rotatable bonds is 4. The van der Waals surface area contributed by atoms with E-state index in [0.29, 0.717) is 17.5 Å². The molecular formula is C16H18N2O2S. The molecule has 3 rings (SSSR count). The molecule has 1 aliphatic rings. The van der Waals surface area contributed by atoms with Gasteiger partial charge in [0.15, 0.2) is 5.13 Å². The van der Waals surface area contributed by atoms with Gasteiger partial charge in [0.1, 0.15) is 5.75 Å². The number of ether oxygens (including phenoxy) is 1. The molecule has 0 unspecified atom stereocenters. The molecular weight excluding hydrogens is 284 g/mol. The lowest BCUT2D eigenvalue weighted by Gasteiger charge is -2.04. The van der Waals surface area contributed by atoms with E-state index < -0.39 is 0 Å². The second-order valence-corrected chi connectivity index (χ2v) is 6.46. The van der Waals surface area contributed by atoms with Crippen molar-refractivity contribution >= 4 is 22.4 Å². The zero-order valence-corrected chi connectivity index (χ0v) is 13.0. The summed E-state index contributed by atoms with van der Waals surface area (Å²) < 4.78 is 5.51. The van der Waals surface area contributed by atoms with Crippen molar-refractivity contribution < 1.29 is 9.53 Å². The highest BCUT2D eigenvalue weighted by molar-refractivity contribution is 7.14. The lowest BCUT2D eigenvalue weighted by Crippen LogP contribution is -2.13. The normalized spacial score (nSPS) is 13.1. The Morgan fingerprint density at radius 1 is 1.48 bits per heavy atom. The fraction of sp³-hybridized carbons (Fsp3) is 0.375. The summed E-state index contributed by atoms with van der Waals surface area (Å²) in [4.78, 5) is 16.3. The fourth-order valence-electron chi connectivity index (χ4n) is 2.35. The average molecular weight is 302 g/mol. The van der Waals surface area contributed by atoms with Crippen molar-refractivity contribution in [1.82, 2.24) is 4.98 Å². The van der Waals surface area contributed by atoms with Crippen molar-refractivity contribution in [2.24, 2.45) is 5.92 Å². The van der Waals surface area contributed by atoms with Crippen molar-refractivity contribution in [2.75, 3.05) is 11.9 Å². The summed E-state index contributed by atoms with van der Waals surface area (Å²) in [5.74, 6) is 1.34. The molecule has 1 aliphatic heterocycles. The van der Waals surface area contributed by atoms with E-state index in [1.165, 1.54) is 16.9 Å². The number of carbonyl (C=O) groups is 1. The molecule has 1 amide bonds. The number of hydrogen-bond donors (Lipinski definition) is 1. The quantitative estimate of drug-likeness (QED) is 0.936. The molecule has 1 aromatic carbocycles. The lowest BCUT2D eigenvalue weighted by atomic mass is 10.1. The third-order valence-corrected chi connectivity index (χ3v) is 4.09. The standard InChI is InChI=1S/C16H18N2O2S/c1-10(2)7-15(19)18-16-17-13(9-21-16)11-3-4-14-12(8-11)5-6-20-14/h3-4,8-10H,5-7H2,1-2H3,(H,17,18,19). The van der Waals surface area contributed by atoms with E-state index in [2.05, 4.69) is 16.4 Å². The summed E-state index contributed by atoms with van der Waals surface area (Å²) >= 11 is 1.46. The number of fused-ring (bicyclic) bond motifs is 1. The summed E-state index contributed by atoms with van der Waals surface area (Å²) in [5, 5.41) is 5.49. The zero-order valence-electron chi connectivity index (χ0n) is 12.2. The van der Waals surface area contributed by atoms with Crippen molar-refractivity contribution in [1.29, 1.82) is 0 Å². The van der Waals surface area contributed by atoms with Crippen molar-refractivity contribution in [3.63, 3.8) is 0 Å². The number of thiazole rings is 1. The average Bonchev–Trinajstić information content (AvgIpc) is 3.04. The minimum Gasteiger partial charge on any atom is -0.493 e. The minimum absolute atomic E-state index is 0.0215. The van der Waals surface area contributed by atoms with Crippen molar-refractivity contribution in [2.45, 2.75) is 26.7 Å². The third-order valence-electron chi connectivity index (χ3n) is 3.33. The van der Waals surface area contributed by atoms with Gasteiger partial charge in [-0.05, 0) is 29.7 Å². The van der Waals surface area contributed by atoms with Gasteiger partial charge in [0, 0.05) is 23.8 Å². The smallest absolute Gasteiger partial charge is 0.226 e. The number of amides is 1. The summed E-state index contributed by atoms with van der Waals surface area (Å²) in [6, 6.07) is 6.13. The topological polar surface area (TPSA) is 51.2 Å². The van der Waals surface area contributed by atoms with Crippen LogP contribution in [0.3, 0.4) is 0 Å². The minimum atomic E-state index is 0.0215. The summed E-state index contributed by atoms with van der Waals surface area (Å²) in [6.07, 6.45) is 1.47. The number of anilines is 1. The van der Waals surface area contributed by atoms with Gasteiger partial charge in [0.05, 0.1) is 12.3 Å². The van der Waals surface area contributed by atoms with Crippen LogP contribution in [0, 0.1) is 5.92 Å². The Balaban J connectivity index is 1.74. The van der Waals surface area contributed by atoms with Crippen LogP contribution in [0.1, 0.15) is 25.8 Å². The van der Waals surface area contributed by atoms with Gasteiger partial charge in [-0.1, -0.05) is 13.8 Å². The molecule has 0 saturated heterocycles. The van der Waals surface area contributed by atoms with E-state index in [9.17, 15) is 4.79 Å². The van der Waals surface area contributed by atoms with E-state index in [1.807, 2.05) is 31.4 Å². The molecule has 0 radical (unpaired) electrons. The number of carbonyl (C=O) groups excluding carboxylic acids is 1. The van der Waals surface area contributed by atoms with Gasteiger partial charge in [0.2, 0.25) is 5.91 Å². The number of nitrogens with one attached hydrogen (secondary N) is 1. The summed E-state index contributed by atoms with van der Waals surface area (Å²) in [5.41, 5.74) is 3.19. The molecule has 110 valence electrons. The molecule has 21 heavy (non-hydrogen) atoms. The van der Waals surface area contributed by atoms with Crippen LogP contribution in [0.5, 0.6) is 5.75 Å². The van der Waals surface area contributed by atoms with Gasteiger partial charge in [-0.25, -0.2) is 4.98 Å². The molecule has 0 spiro atoms. The summed E-state index contributed by atoms with van der Waals surface area (Å²) in [7, 11) is 0. The molecule has 0 bridgehead atoms. The first kappa shape index (κ1) is 14.1. The van der Waals surface area contributed by atoms with E-state index >= 15 is 0 Å². The van der Waals surface area contributed by atoms with Crippen LogP contribution in [0.4, 0.5) is 5.13 Å². The van der Waals surface area contributed by atoms with Gasteiger partial charge >= 0.3 is 0 Å². The van der Waals surface area contributed by atoms with Gasteiger partial charge in [-0.2, -0.15) is 0 Å². The number of benzene rings is 1. The highest BCUT2D eigenvalue weighted by Crippen LogP contribution is 2.31. The van der Waals surface area contributed by atoms with Gasteiger partial charge < -0.3 is 10.1 Å². The molecule has 0 atom stereocenters. The molecule has 0 fully saturated rings. The summed E-state index contributed by atoms with van der Waals surface area (Å²) in [6.45, 7) is 4.81. The molecule has 0 aliphatic carbocycles. The monoisotopic (exact) mass is 302 g/mol. The largest absolute Gasteiger partial charge is 0.493 e.